The maximum atomic E-state index is 12.5. The number of piperazine rings is 1. The molecule has 1 aliphatic carbocycles. The first-order valence-electron chi connectivity index (χ1n) is 9.22. The fourth-order valence-corrected chi connectivity index (χ4v) is 3.94. The van der Waals surface area contributed by atoms with Gasteiger partial charge >= 0.3 is 0 Å². The molecular formula is C19H30N3O2+. The average Bonchev–Trinajstić information content (AvgIpc) is 3.14. The number of anilines is 1. The number of rotatable bonds is 5. The topological polar surface area (TPSA) is 46.0 Å². The van der Waals surface area contributed by atoms with Crippen LogP contribution in [0.4, 0.5) is 5.69 Å². The summed E-state index contributed by atoms with van der Waals surface area (Å²) in [5, 5.41) is 3.24. The van der Waals surface area contributed by atoms with Gasteiger partial charge in [0.05, 0.1) is 39.0 Å². The molecule has 1 atom stereocenters. The predicted octanol–water partition coefficient (Wildman–Crippen LogP) is 0.847. The van der Waals surface area contributed by atoms with Gasteiger partial charge in [-0.3, -0.25) is 4.79 Å². The van der Waals surface area contributed by atoms with E-state index in [2.05, 4.69) is 29.3 Å². The summed E-state index contributed by atoms with van der Waals surface area (Å²) in [4.78, 5) is 16.2. The number of nitrogens with one attached hydrogen (secondary N) is 2. The second-order valence-corrected chi connectivity index (χ2v) is 7.03. The summed E-state index contributed by atoms with van der Waals surface area (Å²) in [6.45, 7) is 5.94. The minimum Gasteiger partial charge on any atom is -0.495 e. The number of benzene rings is 1. The van der Waals surface area contributed by atoms with Crippen molar-refractivity contribution in [3.8, 4) is 5.75 Å². The highest BCUT2D eigenvalue weighted by atomic mass is 16.5. The first-order chi connectivity index (χ1) is 11.7. The molecule has 0 bridgehead atoms. The Labute approximate surface area is 145 Å². The molecule has 1 saturated heterocycles. The fraction of sp³-hybridized carbons (Fsp3) is 0.632. The first kappa shape index (κ1) is 17.1. The van der Waals surface area contributed by atoms with Gasteiger partial charge in [-0.05, 0) is 31.9 Å². The van der Waals surface area contributed by atoms with Gasteiger partial charge in [-0.1, -0.05) is 25.0 Å². The lowest BCUT2D eigenvalue weighted by molar-refractivity contribution is -0.914. The quantitative estimate of drug-likeness (QED) is 0.840. The summed E-state index contributed by atoms with van der Waals surface area (Å²) in [7, 11) is 1.72. The molecule has 0 radical (unpaired) electrons. The number of ether oxygens (including phenoxy) is 1. The fourth-order valence-electron chi connectivity index (χ4n) is 3.94. The van der Waals surface area contributed by atoms with E-state index in [1.165, 1.54) is 17.7 Å². The molecule has 3 rings (SSSR count). The minimum atomic E-state index is 0.0328. The van der Waals surface area contributed by atoms with Crippen LogP contribution in [0.15, 0.2) is 24.3 Å². The van der Waals surface area contributed by atoms with Crippen molar-refractivity contribution in [2.45, 2.75) is 44.7 Å². The second-order valence-electron chi connectivity index (χ2n) is 7.03. The third-order valence-corrected chi connectivity index (χ3v) is 5.54. The van der Waals surface area contributed by atoms with Crippen molar-refractivity contribution < 1.29 is 14.4 Å². The van der Waals surface area contributed by atoms with Crippen molar-refractivity contribution in [3.63, 3.8) is 0 Å². The molecule has 1 heterocycles. The van der Waals surface area contributed by atoms with Crippen molar-refractivity contribution in [2.75, 3.05) is 38.2 Å². The molecule has 1 amide bonds. The number of quaternary nitrogens is 1. The smallest absolute Gasteiger partial charge is 0.278 e. The summed E-state index contributed by atoms with van der Waals surface area (Å²) in [6.07, 6.45) is 4.80. The molecule has 132 valence electrons. The molecule has 2 fully saturated rings. The Bertz CT molecular complexity index is 549. The van der Waals surface area contributed by atoms with Gasteiger partial charge in [-0.2, -0.15) is 0 Å². The number of hydrogen-bond donors (Lipinski definition) is 2. The van der Waals surface area contributed by atoms with E-state index in [-0.39, 0.29) is 11.9 Å². The summed E-state index contributed by atoms with van der Waals surface area (Å²) in [6, 6.07) is 8.61. The normalized spacial score (nSPS) is 20.8. The third-order valence-electron chi connectivity index (χ3n) is 5.54. The van der Waals surface area contributed by atoms with Gasteiger partial charge in [-0.25, -0.2) is 0 Å². The van der Waals surface area contributed by atoms with Crippen molar-refractivity contribution >= 4 is 11.6 Å². The Balaban J connectivity index is 1.53. The number of carbonyl (C=O) groups excluding carboxylic acids is 1. The Morgan fingerprint density at radius 1 is 1.25 bits per heavy atom. The molecule has 0 aromatic heterocycles. The number of amides is 1. The highest BCUT2D eigenvalue weighted by Crippen LogP contribution is 2.27. The first-order valence-corrected chi connectivity index (χ1v) is 9.22. The number of hydrogen-bond acceptors (Lipinski definition) is 3. The van der Waals surface area contributed by atoms with E-state index in [1.54, 1.807) is 7.11 Å². The van der Waals surface area contributed by atoms with Gasteiger partial charge in [0.1, 0.15) is 5.75 Å². The van der Waals surface area contributed by atoms with Crippen LogP contribution in [0, 0.1) is 0 Å². The Morgan fingerprint density at radius 2 is 1.92 bits per heavy atom. The van der Waals surface area contributed by atoms with Gasteiger partial charge in [0.15, 0.2) is 6.04 Å². The Hall–Kier alpha value is -1.75. The molecule has 2 aliphatic rings. The van der Waals surface area contributed by atoms with Crippen LogP contribution < -0.4 is 19.9 Å². The molecule has 24 heavy (non-hydrogen) atoms. The maximum absolute atomic E-state index is 12.5. The van der Waals surface area contributed by atoms with E-state index >= 15 is 0 Å². The Morgan fingerprint density at radius 3 is 2.58 bits per heavy atom. The molecule has 1 aliphatic heterocycles. The molecule has 1 saturated carbocycles. The van der Waals surface area contributed by atoms with E-state index < -0.39 is 0 Å². The Kier molecular flexibility index (Phi) is 5.61. The average molecular weight is 332 g/mol. The number of para-hydroxylation sites is 2. The van der Waals surface area contributed by atoms with Gasteiger partial charge in [0, 0.05) is 6.04 Å². The SMILES string of the molecule is COc1ccccc1N1CC[NH+]([C@@H](C)C(=O)NC2CCCC2)CC1. The van der Waals surface area contributed by atoms with Crippen molar-refractivity contribution in [1.29, 1.82) is 0 Å². The van der Waals surface area contributed by atoms with Crippen LogP contribution in [0.1, 0.15) is 32.6 Å². The van der Waals surface area contributed by atoms with Gasteiger partial charge in [0.2, 0.25) is 0 Å². The lowest BCUT2D eigenvalue weighted by Gasteiger charge is -2.36. The highest BCUT2D eigenvalue weighted by Gasteiger charge is 2.31. The summed E-state index contributed by atoms with van der Waals surface area (Å²) in [5.74, 6) is 1.15. The summed E-state index contributed by atoms with van der Waals surface area (Å²) < 4.78 is 5.47. The van der Waals surface area contributed by atoms with E-state index in [0.29, 0.717) is 6.04 Å². The zero-order valence-electron chi connectivity index (χ0n) is 14.9. The molecule has 5 nitrogen and oxygen atoms in total. The van der Waals surface area contributed by atoms with Gasteiger partial charge in [-0.15, -0.1) is 0 Å². The molecule has 1 aromatic carbocycles. The van der Waals surface area contributed by atoms with Gasteiger partial charge < -0.3 is 19.9 Å². The summed E-state index contributed by atoms with van der Waals surface area (Å²) in [5.41, 5.74) is 1.15. The van der Waals surface area contributed by atoms with E-state index in [1.807, 2.05) is 12.1 Å². The van der Waals surface area contributed by atoms with Crippen LogP contribution in [0.5, 0.6) is 5.75 Å². The van der Waals surface area contributed by atoms with Crippen LogP contribution in [0.2, 0.25) is 0 Å². The minimum absolute atomic E-state index is 0.0328. The predicted molar refractivity (Wildman–Crippen MR) is 95.8 cm³/mol. The summed E-state index contributed by atoms with van der Waals surface area (Å²) >= 11 is 0. The van der Waals surface area contributed by atoms with E-state index in [0.717, 1.165) is 50.5 Å². The van der Waals surface area contributed by atoms with Crippen molar-refractivity contribution in [2.24, 2.45) is 0 Å². The molecule has 2 N–H and O–H groups in total. The zero-order chi connectivity index (χ0) is 16.9. The number of nitrogens with zero attached hydrogens (tertiary/aromatic N) is 1. The molecule has 1 aromatic rings. The van der Waals surface area contributed by atoms with E-state index in [4.69, 9.17) is 4.74 Å². The van der Waals surface area contributed by atoms with Crippen LogP contribution in [0.3, 0.4) is 0 Å². The van der Waals surface area contributed by atoms with Crippen LogP contribution in [0.25, 0.3) is 0 Å². The zero-order valence-corrected chi connectivity index (χ0v) is 14.9. The van der Waals surface area contributed by atoms with Crippen LogP contribution in [-0.4, -0.2) is 51.3 Å². The third kappa shape index (κ3) is 3.83. The monoisotopic (exact) mass is 332 g/mol. The van der Waals surface area contributed by atoms with E-state index in [9.17, 15) is 4.79 Å². The van der Waals surface area contributed by atoms with Crippen molar-refractivity contribution in [1.82, 2.24) is 5.32 Å². The molecule has 5 heteroatoms. The molecule has 0 spiro atoms. The van der Waals surface area contributed by atoms with Crippen LogP contribution >= 0.6 is 0 Å². The largest absolute Gasteiger partial charge is 0.495 e. The maximum Gasteiger partial charge on any atom is 0.278 e. The number of methoxy groups -OCH3 is 1. The van der Waals surface area contributed by atoms with Crippen LogP contribution in [-0.2, 0) is 4.79 Å². The lowest BCUT2D eigenvalue weighted by Crippen LogP contribution is -3.19. The lowest BCUT2D eigenvalue weighted by atomic mass is 10.1. The number of carbonyl (C=O) groups is 1. The molecular weight excluding hydrogens is 302 g/mol. The van der Waals surface area contributed by atoms with Crippen molar-refractivity contribution in [3.05, 3.63) is 24.3 Å². The highest BCUT2D eigenvalue weighted by molar-refractivity contribution is 5.80. The standard InChI is InChI=1S/C19H29N3O2/c1-15(19(23)20-16-7-3-4-8-16)21-11-13-22(14-12-21)17-9-5-6-10-18(17)24-2/h5-6,9-10,15-16H,3-4,7-8,11-14H2,1-2H3,(H,20,23)/p+1/t15-/m0/s1. The molecule has 0 unspecified atom stereocenters. The van der Waals surface area contributed by atoms with Gasteiger partial charge in [0.25, 0.3) is 5.91 Å². The second kappa shape index (κ2) is 7.88.